The average Bonchev–Trinajstić information content (AvgIpc) is 2.14. The Kier molecular flexibility index (Phi) is 20.7. The second-order valence-corrected chi connectivity index (χ2v) is 3.36. The Morgan fingerprint density at radius 2 is 1.90 bits per heavy atom. The molecule has 0 aromatic carbocycles. The number of hydrogen-bond donors (Lipinski definition) is 0. The van der Waals surface area contributed by atoms with Crippen LogP contribution in [-0.4, -0.2) is 0 Å². The average molecular weight is 509 g/mol. The normalized spacial score (nSPS) is 11.5. The van der Waals surface area contributed by atoms with Crippen molar-refractivity contribution in [3.63, 3.8) is 0 Å². The Balaban J connectivity index is -0.000000163. The van der Waals surface area contributed by atoms with E-state index in [9.17, 15) is 0 Å². The first-order chi connectivity index (χ1) is 3.43. The van der Waals surface area contributed by atoms with E-state index in [1.165, 1.54) is 6.42 Å². The first-order valence-corrected chi connectivity index (χ1v) is 4.81. The monoisotopic (exact) mass is 509 g/mol. The van der Waals surface area contributed by atoms with Gasteiger partial charge in [0.15, 0.2) is 0 Å². The number of rotatable bonds is 1. The van der Waals surface area contributed by atoms with Gasteiger partial charge in [-0.2, -0.15) is 0 Å². The van der Waals surface area contributed by atoms with Gasteiger partial charge < -0.3 is 71.9 Å². The van der Waals surface area contributed by atoms with Crippen molar-refractivity contribution in [3.05, 3.63) is 22.1 Å². The molecule has 0 spiro atoms. The van der Waals surface area contributed by atoms with E-state index >= 15 is 0 Å². The van der Waals surface area contributed by atoms with E-state index in [1.807, 2.05) is 0 Å². The molecular weight excluding hydrogens is 501 g/mol. The maximum atomic E-state index is 2.32. The second kappa shape index (κ2) is 11.4. The molecule has 0 nitrogen and oxygen atoms in total. The fourth-order valence-electron chi connectivity index (χ4n) is 0.633. The molecule has 0 N–H and O–H groups in total. The van der Waals surface area contributed by atoms with Gasteiger partial charge in [-0.3, -0.25) is 0 Å². The second-order valence-electron chi connectivity index (χ2n) is 1.57. The van der Waals surface area contributed by atoms with Crippen LogP contribution in [0.25, 0.3) is 0 Å². The van der Waals surface area contributed by atoms with Crippen LogP contribution < -0.4 is 71.9 Å². The van der Waals surface area contributed by atoms with Crippen molar-refractivity contribution < 1.29 is 91.1 Å². The van der Waals surface area contributed by atoms with Crippen molar-refractivity contribution in [1.29, 1.82) is 0 Å². The fraction of sp³-hybridized carbons (Fsp3) is 0.333. The van der Waals surface area contributed by atoms with Gasteiger partial charge in [0, 0.05) is 0 Å². The summed E-state index contributed by atoms with van der Waals surface area (Å²) >= 11 is 0.292. The van der Waals surface area contributed by atoms with Crippen molar-refractivity contribution in [2.24, 2.45) is 0 Å². The summed E-state index contributed by atoms with van der Waals surface area (Å²) in [6.07, 6.45) is 7.88. The maximum absolute atomic E-state index is 2.32. The quantitative estimate of drug-likeness (QED) is 0.244. The summed E-state index contributed by atoms with van der Waals surface area (Å²) in [5.74, 6) is 0. The summed E-state index contributed by atoms with van der Waals surface area (Å²) < 4.78 is 1.68. The zero-order chi connectivity index (χ0) is 5.11. The summed E-state index contributed by atoms with van der Waals surface area (Å²) in [7, 11) is 0. The fourth-order valence-corrected chi connectivity index (χ4v) is 1.55. The third-order valence-corrected chi connectivity index (χ3v) is 2.67. The van der Waals surface area contributed by atoms with Crippen LogP contribution in [-0.2, 0) is 19.2 Å². The van der Waals surface area contributed by atoms with Gasteiger partial charge in [0.05, 0.1) is 0 Å². The Hall–Kier alpha value is 2.38. The molecule has 0 atom stereocenters. The van der Waals surface area contributed by atoms with E-state index in [4.69, 9.17) is 0 Å². The topological polar surface area (TPSA) is 0 Å². The van der Waals surface area contributed by atoms with Crippen molar-refractivity contribution >= 4 is 0 Å². The van der Waals surface area contributed by atoms with Gasteiger partial charge in [0.1, 0.15) is 0 Å². The summed E-state index contributed by atoms with van der Waals surface area (Å²) in [4.78, 5) is 0. The zero-order valence-corrected chi connectivity index (χ0v) is 13.6. The Morgan fingerprint density at radius 3 is 2.10 bits per heavy atom. The number of hydrogen-bond acceptors (Lipinski definition) is 0. The van der Waals surface area contributed by atoms with E-state index in [0.29, 0.717) is 19.2 Å². The summed E-state index contributed by atoms with van der Waals surface area (Å²) in [5, 5.41) is 2.32. The van der Waals surface area contributed by atoms with Crippen molar-refractivity contribution in [2.45, 2.75) is 11.6 Å². The SMILES string of the molecule is [CH3][Ti+3][C]1=CC=CC1.[I-].[I-].[I-]. The molecule has 4 heteroatoms. The van der Waals surface area contributed by atoms with E-state index in [-0.39, 0.29) is 71.9 Å². The van der Waals surface area contributed by atoms with Crippen LogP contribution >= 0.6 is 0 Å². The molecule has 1 aliphatic rings. The molecule has 0 aromatic rings. The number of halogens is 3. The minimum Gasteiger partial charge on any atom is -1.00 e. The van der Waals surface area contributed by atoms with E-state index in [1.54, 1.807) is 3.88 Å². The largest absolute Gasteiger partial charge is 1.00 e. The molecule has 0 fully saturated rings. The van der Waals surface area contributed by atoms with Crippen LogP contribution in [0.15, 0.2) is 22.1 Å². The molecule has 0 saturated heterocycles. The minimum absolute atomic E-state index is 0. The van der Waals surface area contributed by atoms with Crippen LogP contribution in [0.5, 0.6) is 0 Å². The van der Waals surface area contributed by atoms with E-state index in [2.05, 4.69) is 23.5 Å². The third-order valence-electron chi connectivity index (χ3n) is 1.09. The van der Waals surface area contributed by atoms with Gasteiger partial charge in [-0.15, -0.1) is 0 Å². The molecule has 0 saturated carbocycles. The van der Waals surface area contributed by atoms with Crippen molar-refractivity contribution in [1.82, 2.24) is 0 Å². The van der Waals surface area contributed by atoms with Crippen molar-refractivity contribution in [3.8, 4) is 0 Å². The Morgan fingerprint density at radius 1 is 1.30 bits per heavy atom. The van der Waals surface area contributed by atoms with Crippen LogP contribution in [0, 0.1) is 0 Å². The summed E-state index contributed by atoms with van der Waals surface area (Å²) in [6.45, 7) is 0. The molecule has 0 unspecified atom stereocenters. The molecule has 0 amide bonds. The number of allylic oxidation sites excluding steroid dienone is 4. The van der Waals surface area contributed by atoms with Crippen LogP contribution in [0.4, 0.5) is 0 Å². The van der Waals surface area contributed by atoms with Gasteiger partial charge in [-0.1, -0.05) is 0 Å². The minimum atomic E-state index is 0. The molecule has 0 radical (unpaired) electrons. The molecule has 0 aromatic heterocycles. The molecular formula is C6H8I3Ti. The van der Waals surface area contributed by atoms with E-state index in [0.717, 1.165) is 0 Å². The summed E-state index contributed by atoms with van der Waals surface area (Å²) in [6, 6.07) is 0. The predicted molar refractivity (Wildman–Crippen MR) is 27.7 cm³/mol. The summed E-state index contributed by atoms with van der Waals surface area (Å²) in [5.41, 5.74) is 0. The molecule has 1 aliphatic carbocycles. The van der Waals surface area contributed by atoms with Crippen molar-refractivity contribution in [2.75, 3.05) is 0 Å². The third kappa shape index (κ3) is 7.06. The Labute approximate surface area is 123 Å². The first kappa shape index (κ1) is 18.2. The molecule has 0 heterocycles. The van der Waals surface area contributed by atoms with E-state index < -0.39 is 0 Å². The maximum Gasteiger partial charge on any atom is -1.00 e. The molecule has 57 valence electrons. The smallest absolute Gasteiger partial charge is 1.00 e. The zero-order valence-electron chi connectivity index (χ0n) is 5.57. The first-order valence-electron chi connectivity index (χ1n) is 2.47. The van der Waals surface area contributed by atoms with Gasteiger partial charge in [0.2, 0.25) is 0 Å². The molecule has 10 heavy (non-hydrogen) atoms. The van der Waals surface area contributed by atoms with Crippen LogP contribution in [0.3, 0.4) is 0 Å². The van der Waals surface area contributed by atoms with Crippen LogP contribution in [0.2, 0.25) is 5.23 Å². The van der Waals surface area contributed by atoms with Gasteiger partial charge >= 0.3 is 52.9 Å². The van der Waals surface area contributed by atoms with Gasteiger partial charge in [-0.05, 0) is 0 Å². The van der Waals surface area contributed by atoms with Crippen LogP contribution in [0.1, 0.15) is 6.42 Å². The van der Waals surface area contributed by atoms with Gasteiger partial charge in [0.25, 0.3) is 0 Å². The van der Waals surface area contributed by atoms with Gasteiger partial charge in [-0.25, -0.2) is 0 Å². The Bertz CT molecular complexity index is 120. The predicted octanol–water partition coefficient (Wildman–Crippen LogP) is -7.03. The standard InChI is InChI=1S/C5H5.CH3.3HI.Ti/c1-2-4-5-3-1;;;;;/h1-3H,4H2;1H3;3*1H;/q;;;;;+3/p-3. The molecule has 0 bridgehead atoms. The molecule has 1 rings (SSSR count). The molecule has 0 aliphatic heterocycles.